The zero-order valence-corrected chi connectivity index (χ0v) is 13.5. The van der Waals surface area contributed by atoms with Crippen molar-refractivity contribution in [3.05, 3.63) is 29.7 Å². The number of hydrogen-bond acceptors (Lipinski definition) is 4. The molecule has 0 fully saturated rings. The molecule has 120 valence electrons. The minimum Gasteiger partial charge on any atom is -0.441 e. The van der Waals surface area contributed by atoms with Crippen LogP contribution in [-0.2, 0) is 6.42 Å². The van der Waals surface area contributed by atoms with Gasteiger partial charge < -0.3 is 14.8 Å². The summed E-state index contributed by atoms with van der Waals surface area (Å²) in [5.74, 6) is 0.553. The maximum atomic E-state index is 12.2. The third-order valence-corrected chi connectivity index (χ3v) is 3.59. The van der Waals surface area contributed by atoms with E-state index in [-0.39, 0.29) is 17.9 Å². The number of rotatable bonds is 7. The fourth-order valence-corrected chi connectivity index (χ4v) is 2.03. The number of unbranched alkanes of at least 4 members (excludes halogenated alkanes) is 1. The standard InChI is InChI=1S/C17H24N2O3/c1-4-5-6-15-19-13-9-12(7-8-14(13)22-15)16(21)18-10-17(2,3)11-20/h7-9,20H,4-6,10-11H2,1-3H3,(H,18,21). The first-order valence-corrected chi connectivity index (χ1v) is 7.74. The average molecular weight is 304 g/mol. The first-order valence-electron chi connectivity index (χ1n) is 7.74. The van der Waals surface area contributed by atoms with Crippen molar-refractivity contribution < 1.29 is 14.3 Å². The van der Waals surface area contributed by atoms with E-state index in [1.54, 1.807) is 18.2 Å². The van der Waals surface area contributed by atoms with Crippen molar-refractivity contribution in [3.63, 3.8) is 0 Å². The number of carbonyl (C=O) groups excluding carboxylic acids is 1. The molecule has 0 saturated heterocycles. The highest BCUT2D eigenvalue weighted by Crippen LogP contribution is 2.19. The van der Waals surface area contributed by atoms with Crippen molar-refractivity contribution in [2.24, 2.45) is 5.41 Å². The lowest BCUT2D eigenvalue weighted by atomic mass is 9.95. The molecular weight excluding hydrogens is 280 g/mol. The Balaban J connectivity index is 2.09. The molecule has 2 aromatic rings. The van der Waals surface area contributed by atoms with E-state index in [1.807, 2.05) is 13.8 Å². The Hall–Kier alpha value is -1.88. The Kier molecular flexibility index (Phi) is 5.19. The largest absolute Gasteiger partial charge is 0.441 e. The Bertz CT molecular complexity index is 646. The average Bonchev–Trinajstić information content (AvgIpc) is 2.92. The van der Waals surface area contributed by atoms with Crippen LogP contribution in [0.15, 0.2) is 22.6 Å². The van der Waals surface area contributed by atoms with E-state index in [0.717, 1.165) is 25.2 Å². The van der Waals surface area contributed by atoms with Gasteiger partial charge in [0.25, 0.3) is 5.91 Å². The summed E-state index contributed by atoms with van der Waals surface area (Å²) in [5.41, 5.74) is 1.64. The molecule has 1 amide bonds. The molecule has 22 heavy (non-hydrogen) atoms. The summed E-state index contributed by atoms with van der Waals surface area (Å²) < 4.78 is 5.66. The highest BCUT2D eigenvalue weighted by atomic mass is 16.3. The second kappa shape index (κ2) is 6.92. The van der Waals surface area contributed by atoms with Crippen LogP contribution in [0.3, 0.4) is 0 Å². The van der Waals surface area contributed by atoms with Gasteiger partial charge in [-0.2, -0.15) is 0 Å². The highest BCUT2D eigenvalue weighted by Gasteiger charge is 2.18. The highest BCUT2D eigenvalue weighted by molar-refractivity contribution is 5.97. The van der Waals surface area contributed by atoms with Gasteiger partial charge in [-0.3, -0.25) is 4.79 Å². The summed E-state index contributed by atoms with van der Waals surface area (Å²) in [6.45, 7) is 6.36. The molecule has 0 aliphatic carbocycles. The van der Waals surface area contributed by atoms with Crippen molar-refractivity contribution in [1.29, 1.82) is 0 Å². The van der Waals surface area contributed by atoms with Gasteiger partial charge in [-0.15, -0.1) is 0 Å². The first kappa shape index (κ1) is 16.5. The normalized spacial score (nSPS) is 11.8. The molecule has 0 aliphatic heterocycles. The van der Waals surface area contributed by atoms with Crippen LogP contribution >= 0.6 is 0 Å². The predicted octanol–water partition coefficient (Wildman–Crippen LogP) is 2.92. The molecule has 0 unspecified atom stereocenters. The van der Waals surface area contributed by atoms with E-state index in [1.165, 1.54) is 0 Å². The molecule has 1 heterocycles. The zero-order chi connectivity index (χ0) is 16.2. The van der Waals surface area contributed by atoms with E-state index in [0.29, 0.717) is 23.2 Å². The van der Waals surface area contributed by atoms with Crippen molar-refractivity contribution >= 4 is 17.0 Å². The monoisotopic (exact) mass is 304 g/mol. The van der Waals surface area contributed by atoms with Crippen LogP contribution in [0.25, 0.3) is 11.1 Å². The molecule has 0 saturated carbocycles. The molecule has 5 nitrogen and oxygen atoms in total. The summed E-state index contributed by atoms with van der Waals surface area (Å²) in [7, 11) is 0. The molecule has 2 rings (SSSR count). The van der Waals surface area contributed by atoms with E-state index in [2.05, 4.69) is 17.2 Å². The number of hydrogen-bond donors (Lipinski definition) is 2. The quantitative estimate of drug-likeness (QED) is 0.824. The van der Waals surface area contributed by atoms with E-state index in [4.69, 9.17) is 4.42 Å². The number of nitrogens with zero attached hydrogens (tertiary/aromatic N) is 1. The third kappa shape index (κ3) is 4.07. The molecule has 0 spiro atoms. The number of benzene rings is 1. The number of aliphatic hydroxyl groups excluding tert-OH is 1. The number of amides is 1. The molecule has 0 atom stereocenters. The van der Waals surface area contributed by atoms with Crippen molar-refractivity contribution in [2.45, 2.75) is 40.0 Å². The number of nitrogens with one attached hydrogen (secondary N) is 1. The van der Waals surface area contributed by atoms with Crippen molar-refractivity contribution in [1.82, 2.24) is 10.3 Å². The summed E-state index contributed by atoms with van der Waals surface area (Å²) in [6, 6.07) is 5.26. The van der Waals surface area contributed by atoms with Gasteiger partial charge >= 0.3 is 0 Å². The summed E-state index contributed by atoms with van der Waals surface area (Å²) in [5, 5.41) is 12.1. The molecule has 0 radical (unpaired) electrons. The number of oxazole rings is 1. The molecule has 1 aromatic carbocycles. The van der Waals surface area contributed by atoms with Gasteiger partial charge in [0.15, 0.2) is 11.5 Å². The van der Waals surface area contributed by atoms with Crippen LogP contribution in [0, 0.1) is 5.41 Å². The van der Waals surface area contributed by atoms with E-state index >= 15 is 0 Å². The van der Waals surface area contributed by atoms with Gasteiger partial charge in [-0.05, 0) is 24.6 Å². The summed E-state index contributed by atoms with van der Waals surface area (Å²) in [6.07, 6.45) is 2.95. The maximum absolute atomic E-state index is 12.2. The van der Waals surface area contributed by atoms with Gasteiger partial charge in [0.2, 0.25) is 0 Å². The summed E-state index contributed by atoms with van der Waals surface area (Å²) >= 11 is 0. The van der Waals surface area contributed by atoms with E-state index < -0.39 is 0 Å². The van der Waals surface area contributed by atoms with Crippen molar-refractivity contribution in [3.8, 4) is 0 Å². The Labute approximate surface area is 130 Å². The zero-order valence-electron chi connectivity index (χ0n) is 13.5. The predicted molar refractivity (Wildman–Crippen MR) is 85.8 cm³/mol. The van der Waals surface area contributed by atoms with Gasteiger partial charge in [0.05, 0.1) is 0 Å². The number of aromatic nitrogens is 1. The number of aliphatic hydroxyl groups is 1. The minimum atomic E-state index is -0.332. The van der Waals surface area contributed by atoms with Crippen LogP contribution in [0.4, 0.5) is 0 Å². The smallest absolute Gasteiger partial charge is 0.251 e. The number of fused-ring (bicyclic) bond motifs is 1. The lowest BCUT2D eigenvalue weighted by Gasteiger charge is -2.21. The van der Waals surface area contributed by atoms with E-state index in [9.17, 15) is 9.90 Å². The summed E-state index contributed by atoms with van der Waals surface area (Å²) in [4.78, 5) is 16.6. The van der Waals surface area contributed by atoms with Gasteiger partial charge in [0, 0.05) is 30.6 Å². The fourth-order valence-electron chi connectivity index (χ4n) is 2.03. The maximum Gasteiger partial charge on any atom is 0.251 e. The van der Waals surface area contributed by atoms with Gasteiger partial charge in [-0.1, -0.05) is 27.2 Å². The fraction of sp³-hybridized carbons (Fsp3) is 0.529. The topological polar surface area (TPSA) is 75.4 Å². The second-order valence-corrected chi connectivity index (χ2v) is 6.40. The molecule has 0 bridgehead atoms. The van der Waals surface area contributed by atoms with Crippen LogP contribution in [0.1, 0.15) is 49.9 Å². The molecule has 1 aromatic heterocycles. The van der Waals surface area contributed by atoms with Gasteiger partial charge in [0.1, 0.15) is 5.52 Å². The number of carbonyl (C=O) groups is 1. The molecule has 0 aliphatic rings. The number of aryl methyl sites for hydroxylation is 1. The SMILES string of the molecule is CCCCc1nc2cc(C(=O)NCC(C)(C)CO)ccc2o1. The minimum absolute atomic E-state index is 0.0242. The van der Waals surface area contributed by atoms with Crippen LogP contribution in [-0.4, -0.2) is 29.1 Å². The third-order valence-electron chi connectivity index (χ3n) is 3.59. The first-order chi connectivity index (χ1) is 10.4. The molecule has 5 heteroatoms. The van der Waals surface area contributed by atoms with Crippen LogP contribution in [0.2, 0.25) is 0 Å². The lowest BCUT2D eigenvalue weighted by Crippen LogP contribution is -2.36. The van der Waals surface area contributed by atoms with Crippen molar-refractivity contribution in [2.75, 3.05) is 13.2 Å². The van der Waals surface area contributed by atoms with Crippen LogP contribution in [0.5, 0.6) is 0 Å². The molecule has 2 N–H and O–H groups in total. The van der Waals surface area contributed by atoms with Crippen LogP contribution < -0.4 is 5.32 Å². The second-order valence-electron chi connectivity index (χ2n) is 6.40. The molecular formula is C17H24N2O3. The van der Waals surface area contributed by atoms with Gasteiger partial charge in [-0.25, -0.2) is 4.98 Å². The Morgan fingerprint density at radius 2 is 2.18 bits per heavy atom. The Morgan fingerprint density at radius 1 is 1.41 bits per heavy atom. The lowest BCUT2D eigenvalue weighted by molar-refractivity contribution is 0.0911. The Morgan fingerprint density at radius 3 is 2.86 bits per heavy atom.